The van der Waals surface area contributed by atoms with Crippen LogP contribution in [0.2, 0.25) is 0 Å². The molecule has 0 aromatic heterocycles. The van der Waals surface area contributed by atoms with Gasteiger partial charge < -0.3 is 9.47 Å². The van der Waals surface area contributed by atoms with Crippen molar-refractivity contribution in [2.24, 2.45) is 0 Å². The molecule has 1 fully saturated rings. The Hall–Kier alpha value is -1.28. The molecule has 0 radical (unpaired) electrons. The Morgan fingerprint density at radius 1 is 0.862 bits per heavy atom. The minimum Gasteiger partial charge on any atom is -0.490 e. The molecule has 1 aromatic carbocycles. The van der Waals surface area contributed by atoms with Gasteiger partial charge in [-0.3, -0.25) is 0 Å². The van der Waals surface area contributed by atoms with Crippen LogP contribution in [0.15, 0.2) is 36.4 Å². The second-order valence-corrected chi connectivity index (χ2v) is 8.97. The fourth-order valence-corrected chi connectivity index (χ4v) is 3.68. The van der Waals surface area contributed by atoms with Crippen LogP contribution in [0.5, 0.6) is 5.75 Å². The Kier molecular flexibility index (Phi) is 12.1. The number of unbranched alkanes of at least 4 members (excludes halogenated alkanes) is 11. The third kappa shape index (κ3) is 11.5. The third-order valence-electron chi connectivity index (χ3n) is 5.85. The molecule has 29 heavy (non-hydrogen) atoms. The Morgan fingerprint density at radius 3 is 2.10 bits per heavy atom. The number of aryl methyl sites for hydroxylation is 1. The van der Waals surface area contributed by atoms with Crippen molar-refractivity contribution in [3.05, 3.63) is 42.0 Å². The van der Waals surface area contributed by atoms with Crippen molar-refractivity contribution in [1.82, 2.24) is 0 Å². The topological polar surface area (TPSA) is 21.8 Å². The number of epoxide rings is 1. The van der Waals surface area contributed by atoms with Crippen LogP contribution < -0.4 is 4.74 Å². The van der Waals surface area contributed by atoms with Crippen LogP contribution in [0.25, 0.3) is 0 Å². The zero-order chi connectivity index (χ0) is 20.6. The highest BCUT2D eigenvalue weighted by Gasteiger charge is 2.40. The number of hydrogen-bond acceptors (Lipinski definition) is 2. The van der Waals surface area contributed by atoms with E-state index in [0.717, 1.165) is 25.2 Å². The molecule has 2 heteroatoms. The van der Waals surface area contributed by atoms with Gasteiger partial charge in [-0.1, -0.05) is 95.1 Å². The summed E-state index contributed by atoms with van der Waals surface area (Å²) in [6.07, 6.45) is 23.6. The number of para-hydroxylation sites is 1. The fraction of sp³-hybridized carbons (Fsp3) is 0.704. The van der Waals surface area contributed by atoms with E-state index in [0.29, 0.717) is 6.61 Å². The molecule has 2 nitrogen and oxygen atoms in total. The Bertz CT molecular complexity index is 559. The van der Waals surface area contributed by atoms with Gasteiger partial charge >= 0.3 is 0 Å². The maximum atomic E-state index is 6.00. The second-order valence-electron chi connectivity index (χ2n) is 8.97. The van der Waals surface area contributed by atoms with E-state index >= 15 is 0 Å². The standard InChI is InChI=1S/C27H44O2/c1-3-4-5-6-7-8-9-10-11-12-13-14-15-16-17-20-25-21-18-19-22-26(25)28-23-27(2)24-29-27/h14-15,18-19,21-22H,3-13,16-17,20,23-24H2,1-2H3/b15-14+. The number of rotatable bonds is 18. The van der Waals surface area contributed by atoms with Crippen LogP contribution in [0.3, 0.4) is 0 Å². The Morgan fingerprint density at radius 2 is 1.45 bits per heavy atom. The van der Waals surface area contributed by atoms with Gasteiger partial charge in [0.15, 0.2) is 0 Å². The van der Waals surface area contributed by atoms with Crippen LogP contribution in [0.1, 0.15) is 103 Å². The normalized spacial score (nSPS) is 18.4. The largest absolute Gasteiger partial charge is 0.490 e. The lowest BCUT2D eigenvalue weighted by atomic mass is 10.1. The number of hydrogen-bond donors (Lipinski definition) is 0. The molecular weight excluding hydrogens is 356 g/mol. The van der Waals surface area contributed by atoms with Gasteiger partial charge in [0.2, 0.25) is 0 Å². The summed E-state index contributed by atoms with van der Waals surface area (Å²) < 4.78 is 11.4. The first-order chi connectivity index (χ1) is 14.2. The number of ether oxygens (including phenoxy) is 2. The molecule has 1 aromatic rings. The summed E-state index contributed by atoms with van der Waals surface area (Å²) >= 11 is 0. The third-order valence-corrected chi connectivity index (χ3v) is 5.85. The van der Waals surface area contributed by atoms with Gasteiger partial charge in [-0.2, -0.15) is 0 Å². The lowest BCUT2D eigenvalue weighted by molar-refractivity contribution is 0.201. The first kappa shape index (κ1) is 24.0. The molecule has 1 heterocycles. The summed E-state index contributed by atoms with van der Waals surface area (Å²) in [5, 5.41) is 0. The highest BCUT2D eigenvalue weighted by Crippen LogP contribution is 2.28. The molecule has 164 valence electrons. The zero-order valence-electron chi connectivity index (χ0n) is 19.1. The van der Waals surface area contributed by atoms with Crippen LogP contribution in [0.4, 0.5) is 0 Å². The molecule has 2 rings (SSSR count). The van der Waals surface area contributed by atoms with Crippen molar-refractivity contribution >= 4 is 0 Å². The van der Waals surface area contributed by atoms with E-state index in [1.165, 1.54) is 82.6 Å². The summed E-state index contributed by atoms with van der Waals surface area (Å²) in [5.74, 6) is 1.03. The molecule has 0 amide bonds. The van der Waals surface area contributed by atoms with Crippen LogP contribution in [-0.4, -0.2) is 18.8 Å². The highest BCUT2D eigenvalue weighted by atomic mass is 16.6. The van der Waals surface area contributed by atoms with Crippen LogP contribution in [-0.2, 0) is 11.2 Å². The fourth-order valence-electron chi connectivity index (χ4n) is 3.68. The quantitative estimate of drug-likeness (QED) is 0.141. The number of allylic oxidation sites excluding steroid dienone is 2. The monoisotopic (exact) mass is 400 g/mol. The van der Waals surface area contributed by atoms with Crippen LogP contribution >= 0.6 is 0 Å². The van der Waals surface area contributed by atoms with Crippen LogP contribution in [0, 0.1) is 0 Å². The van der Waals surface area contributed by atoms with Crippen molar-refractivity contribution in [1.29, 1.82) is 0 Å². The SMILES string of the molecule is CCCCCCCCCCCC/C=C/CCCc1ccccc1OCC1(C)CO1. The molecular formula is C27H44O2. The first-order valence-corrected chi connectivity index (χ1v) is 12.2. The maximum absolute atomic E-state index is 6.00. The first-order valence-electron chi connectivity index (χ1n) is 12.2. The predicted octanol–water partition coefficient (Wildman–Crippen LogP) is 8.04. The van der Waals surface area contributed by atoms with E-state index in [4.69, 9.17) is 9.47 Å². The molecule has 0 aliphatic carbocycles. The minimum absolute atomic E-state index is 0.0511. The molecule has 0 N–H and O–H groups in total. The van der Waals surface area contributed by atoms with Gasteiger partial charge in [0.25, 0.3) is 0 Å². The molecule has 0 bridgehead atoms. The molecule has 1 saturated heterocycles. The van der Waals surface area contributed by atoms with E-state index in [1.54, 1.807) is 0 Å². The van der Waals surface area contributed by atoms with E-state index in [-0.39, 0.29) is 5.60 Å². The summed E-state index contributed by atoms with van der Waals surface area (Å²) in [6, 6.07) is 8.45. The average Bonchev–Trinajstić information content (AvgIpc) is 3.47. The summed E-state index contributed by atoms with van der Waals surface area (Å²) in [5.41, 5.74) is 1.27. The van der Waals surface area contributed by atoms with E-state index in [9.17, 15) is 0 Å². The predicted molar refractivity (Wildman–Crippen MR) is 125 cm³/mol. The van der Waals surface area contributed by atoms with Gasteiger partial charge in [-0.15, -0.1) is 0 Å². The molecule has 0 saturated carbocycles. The highest BCUT2D eigenvalue weighted by molar-refractivity contribution is 5.33. The summed E-state index contributed by atoms with van der Waals surface area (Å²) in [6.45, 7) is 5.87. The van der Waals surface area contributed by atoms with Gasteiger partial charge in [-0.05, 0) is 50.7 Å². The molecule has 1 atom stereocenters. The molecule has 1 unspecified atom stereocenters. The number of benzene rings is 1. The smallest absolute Gasteiger partial charge is 0.123 e. The minimum atomic E-state index is -0.0511. The second kappa shape index (κ2) is 14.7. The lowest BCUT2D eigenvalue weighted by Gasteiger charge is -2.12. The maximum Gasteiger partial charge on any atom is 0.123 e. The molecule has 1 aliphatic rings. The van der Waals surface area contributed by atoms with E-state index < -0.39 is 0 Å². The van der Waals surface area contributed by atoms with Gasteiger partial charge in [0.1, 0.15) is 18.0 Å². The molecule has 1 aliphatic heterocycles. The van der Waals surface area contributed by atoms with E-state index in [2.05, 4.69) is 50.3 Å². The Labute approximate surface area is 180 Å². The van der Waals surface area contributed by atoms with E-state index in [1.807, 2.05) is 0 Å². The summed E-state index contributed by atoms with van der Waals surface area (Å²) in [4.78, 5) is 0. The van der Waals surface area contributed by atoms with Gasteiger partial charge in [0.05, 0.1) is 6.61 Å². The van der Waals surface area contributed by atoms with Crippen molar-refractivity contribution < 1.29 is 9.47 Å². The van der Waals surface area contributed by atoms with Crippen molar-refractivity contribution in [2.45, 2.75) is 109 Å². The van der Waals surface area contributed by atoms with Crippen molar-refractivity contribution in [2.75, 3.05) is 13.2 Å². The summed E-state index contributed by atoms with van der Waals surface area (Å²) in [7, 11) is 0. The van der Waals surface area contributed by atoms with Gasteiger partial charge in [0, 0.05) is 0 Å². The van der Waals surface area contributed by atoms with Crippen molar-refractivity contribution in [3.63, 3.8) is 0 Å². The lowest BCUT2D eigenvalue weighted by Crippen LogP contribution is -2.17. The average molecular weight is 401 g/mol. The van der Waals surface area contributed by atoms with Gasteiger partial charge in [-0.25, -0.2) is 0 Å². The van der Waals surface area contributed by atoms with Crippen molar-refractivity contribution in [3.8, 4) is 5.75 Å². The Balaban J connectivity index is 1.44. The molecule has 0 spiro atoms. The zero-order valence-corrected chi connectivity index (χ0v) is 19.1.